The van der Waals surface area contributed by atoms with Crippen molar-refractivity contribution >= 4 is 27.5 Å². The molecule has 0 aliphatic rings. The number of halogens is 3. The number of anilines is 1. The van der Waals surface area contributed by atoms with Gasteiger partial charge in [-0.25, -0.2) is 21.6 Å². The summed E-state index contributed by atoms with van der Waals surface area (Å²) in [6.07, 6.45) is 1.05. The summed E-state index contributed by atoms with van der Waals surface area (Å²) in [5.74, 6) is -4.10. The molecule has 2 amide bonds. The van der Waals surface area contributed by atoms with Crippen LogP contribution in [-0.2, 0) is 26.2 Å². The van der Waals surface area contributed by atoms with Crippen LogP contribution in [0.2, 0.25) is 0 Å². The molecule has 1 unspecified atom stereocenters. The van der Waals surface area contributed by atoms with Crippen LogP contribution in [0.25, 0.3) is 0 Å². The van der Waals surface area contributed by atoms with Crippen molar-refractivity contribution in [2.45, 2.75) is 32.9 Å². The quantitative estimate of drug-likeness (QED) is 0.561. The van der Waals surface area contributed by atoms with Crippen LogP contribution in [0.4, 0.5) is 18.9 Å². The second-order valence-corrected chi connectivity index (χ2v) is 9.24. The van der Waals surface area contributed by atoms with E-state index in [4.69, 9.17) is 0 Å². The molecule has 11 heteroatoms. The van der Waals surface area contributed by atoms with Crippen molar-refractivity contribution in [2.75, 3.05) is 23.7 Å². The summed E-state index contributed by atoms with van der Waals surface area (Å²) in [6.45, 7) is 2.88. The van der Waals surface area contributed by atoms with Crippen molar-refractivity contribution in [3.05, 3.63) is 65.5 Å². The molecule has 0 heterocycles. The predicted molar refractivity (Wildman–Crippen MR) is 118 cm³/mol. The lowest BCUT2D eigenvalue weighted by atomic mass is 10.1. The second-order valence-electron chi connectivity index (χ2n) is 7.33. The summed E-state index contributed by atoms with van der Waals surface area (Å²) in [7, 11) is -4.07. The average molecular weight is 486 g/mol. The molecule has 1 N–H and O–H groups in total. The Balaban J connectivity index is 2.44. The largest absolute Gasteiger partial charge is 0.355 e. The maximum absolute atomic E-state index is 13.7. The van der Waals surface area contributed by atoms with Gasteiger partial charge in [0.15, 0.2) is 11.6 Å². The smallest absolute Gasteiger partial charge is 0.244 e. The van der Waals surface area contributed by atoms with Crippen LogP contribution >= 0.6 is 0 Å². The highest BCUT2D eigenvalue weighted by atomic mass is 32.2. The van der Waals surface area contributed by atoms with E-state index in [1.54, 1.807) is 13.8 Å². The van der Waals surface area contributed by atoms with Crippen molar-refractivity contribution in [3.8, 4) is 0 Å². The van der Waals surface area contributed by atoms with E-state index in [-0.39, 0.29) is 18.7 Å². The monoisotopic (exact) mass is 485 g/mol. The maximum Gasteiger partial charge on any atom is 0.244 e. The summed E-state index contributed by atoms with van der Waals surface area (Å²) in [5, 5.41) is 2.64. The molecule has 0 fully saturated rings. The molecule has 0 radical (unpaired) electrons. The summed E-state index contributed by atoms with van der Waals surface area (Å²) in [4.78, 5) is 27.1. The number of nitrogens with zero attached hydrogens (tertiary/aromatic N) is 2. The number of rotatable bonds is 10. The fourth-order valence-electron chi connectivity index (χ4n) is 3.25. The first-order valence-electron chi connectivity index (χ1n) is 10.2. The predicted octanol–water partition coefficient (Wildman–Crippen LogP) is 2.81. The third kappa shape index (κ3) is 6.95. The zero-order valence-electron chi connectivity index (χ0n) is 18.5. The lowest BCUT2D eigenvalue weighted by Gasteiger charge is -2.32. The minimum Gasteiger partial charge on any atom is -0.355 e. The molecule has 0 aromatic heterocycles. The van der Waals surface area contributed by atoms with Crippen LogP contribution in [0.15, 0.2) is 42.5 Å². The minimum absolute atomic E-state index is 0.0931. The fraction of sp³-hybridized carbons (Fsp3) is 0.364. The van der Waals surface area contributed by atoms with E-state index in [2.05, 4.69) is 5.32 Å². The highest BCUT2D eigenvalue weighted by molar-refractivity contribution is 7.92. The van der Waals surface area contributed by atoms with E-state index in [1.807, 2.05) is 0 Å². The molecule has 2 aromatic rings. The molecule has 0 spiro atoms. The fourth-order valence-corrected chi connectivity index (χ4v) is 4.09. The van der Waals surface area contributed by atoms with Gasteiger partial charge in [0.25, 0.3) is 0 Å². The SMILES string of the molecule is CCNC(=O)C(CC)N(Cc1ccc(F)cc1)C(=O)CN(c1ccc(F)c(F)c1)S(C)(=O)=O. The number of benzene rings is 2. The van der Waals surface area contributed by atoms with E-state index in [9.17, 15) is 31.2 Å². The first-order valence-corrected chi connectivity index (χ1v) is 12.1. The van der Waals surface area contributed by atoms with Crippen molar-refractivity contribution in [1.29, 1.82) is 0 Å². The highest BCUT2D eigenvalue weighted by Gasteiger charge is 2.31. The van der Waals surface area contributed by atoms with E-state index in [1.165, 1.54) is 29.2 Å². The van der Waals surface area contributed by atoms with Gasteiger partial charge in [-0.2, -0.15) is 0 Å². The van der Waals surface area contributed by atoms with E-state index < -0.39 is 51.9 Å². The Bertz CT molecular complexity index is 1090. The van der Waals surface area contributed by atoms with Crippen LogP contribution in [0, 0.1) is 17.5 Å². The number of sulfonamides is 1. The molecule has 0 aliphatic heterocycles. The summed E-state index contributed by atoms with van der Waals surface area (Å²) in [6, 6.07) is 6.84. The Hall–Kier alpha value is -3.08. The lowest BCUT2D eigenvalue weighted by Crippen LogP contribution is -2.52. The molecule has 0 saturated heterocycles. The van der Waals surface area contributed by atoms with Crippen LogP contribution in [0.1, 0.15) is 25.8 Å². The van der Waals surface area contributed by atoms with Gasteiger partial charge >= 0.3 is 0 Å². The third-order valence-corrected chi connectivity index (χ3v) is 6.01. The van der Waals surface area contributed by atoms with Gasteiger partial charge in [-0.1, -0.05) is 19.1 Å². The maximum atomic E-state index is 13.7. The number of amides is 2. The Morgan fingerprint density at radius 3 is 2.15 bits per heavy atom. The van der Waals surface area contributed by atoms with Crippen molar-refractivity contribution in [1.82, 2.24) is 10.2 Å². The van der Waals surface area contributed by atoms with Gasteiger partial charge in [0.2, 0.25) is 21.8 Å². The molecule has 0 saturated carbocycles. The summed E-state index contributed by atoms with van der Waals surface area (Å²) < 4.78 is 65.8. The Morgan fingerprint density at radius 1 is 1.00 bits per heavy atom. The molecule has 180 valence electrons. The molecule has 7 nitrogen and oxygen atoms in total. The Labute approximate surface area is 191 Å². The molecule has 2 aromatic carbocycles. The second kappa shape index (κ2) is 11.2. The van der Waals surface area contributed by atoms with Crippen LogP contribution in [0.5, 0.6) is 0 Å². The van der Waals surface area contributed by atoms with Gasteiger partial charge in [0.05, 0.1) is 11.9 Å². The van der Waals surface area contributed by atoms with Gasteiger partial charge < -0.3 is 10.2 Å². The standard InChI is InChI=1S/C22H26F3N3O4S/c1-4-20(22(30)26-5-2)27(13-15-6-8-16(23)9-7-15)21(29)14-28(33(3,31)32)17-10-11-18(24)19(25)12-17/h6-12,20H,4-5,13-14H2,1-3H3,(H,26,30). The minimum atomic E-state index is -4.07. The molecular weight excluding hydrogens is 459 g/mol. The summed E-state index contributed by atoms with van der Waals surface area (Å²) in [5.41, 5.74) is 0.281. The van der Waals surface area contributed by atoms with Crippen molar-refractivity contribution < 1.29 is 31.2 Å². The Kier molecular flexibility index (Phi) is 8.86. The number of carbonyl (C=O) groups excluding carboxylic acids is 2. The number of nitrogens with one attached hydrogen (secondary N) is 1. The molecule has 33 heavy (non-hydrogen) atoms. The highest BCUT2D eigenvalue weighted by Crippen LogP contribution is 2.22. The zero-order valence-corrected chi connectivity index (χ0v) is 19.3. The molecule has 2 rings (SSSR count). The number of hydrogen-bond donors (Lipinski definition) is 1. The zero-order chi connectivity index (χ0) is 24.8. The van der Waals surface area contributed by atoms with E-state index in [0.717, 1.165) is 18.4 Å². The van der Waals surface area contributed by atoms with Gasteiger partial charge in [-0.3, -0.25) is 13.9 Å². The van der Waals surface area contributed by atoms with Gasteiger partial charge in [-0.15, -0.1) is 0 Å². The van der Waals surface area contributed by atoms with Crippen LogP contribution in [0.3, 0.4) is 0 Å². The first-order chi connectivity index (χ1) is 15.5. The number of likely N-dealkylation sites (N-methyl/N-ethyl adjacent to an activating group) is 1. The summed E-state index contributed by atoms with van der Waals surface area (Å²) >= 11 is 0. The van der Waals surface area contributed by atoms with Gasteiger partial charge in [0, 0.05) is 19.2 Å². The topological polar surface area (TPSA) is 86.8 Å². The van der Waals surface area contributed by atoms with Gasteiger partial charge in [0.1, 0.15) is 18.4 Å². The van der Waals surface area contributed by atoms with Crippen molar-refractivity contribution in [2.24, 2.45) is 0 Å². The molecule has 0 aliphatic carbocycles. The van der Waals surface area contributed by atoms with Crippen molar-refractivity contribution in [3.63, 3.8) is 0 Å². The van der Waals surface area contributed by atoms with Crippen LogP contribution in [-0.4, -0.2) is 50.5 Å². The molecular formula is C22H26F3N3O4S. The number of carbonyl (C=O) groups is 2. The Morgan fingerprint density at radius 2 is 1.64 bits per heavy atom. The third-order valence-electron chi connectivity index (χ3n) is 4.87. The van der Waals surface area contributed by atoms with Crippen LogP contribution < -0.4 is 9.62 Å². The lowest BCUT2D eigenvalue weighted by molar-refractivity contribution is -0.140. The van der Waals surface area contributed by atoms with E-state index in [0.29, 0.717) is 22.5 Å². The molecule has 0 bridgehead atoms. The average Bonchev–Trinajstić information content (AvgIpc) is 2.74. The normalized spacial score (nSPS) is 12.2. The number of hydrogen-bond acceptors (Lipinski definition) is 4. The first kappa shape index (κ1) is 26.2. The van der Waals surface area contributed by atoms with Gasteiger partial charge in [-0.05, 0) is 43.2 Å². The molecule has 1 atom stereocenters. The van der Waals surface area contributed by atoms with E-state index >= 15 is 0 Å².